The lowest BCUT2D eigenvalue weighted by Gasteiger charge is -2.24. The van der Waals surface area contributed by atoms with Gasteiger partial charge in [-0.3, -0.25) is 9.59 Å². The van der Waals surface area contributed by atoms with E-state index in [1.807, 2.05) is 0 Å². The predicted octanol–water partition coefficient (Wildman–Crippen LogP) is 2.45. The molecule has 0 unspecified atom stereocenters. The van der Waals surface area contributed by atoms with Crippen molar-refractivity contribution in [3.05, 3.63) is 81.9 Å². The van der Waals surface area contributed by atoms with Crippen LogP contribution in [0.25, 0.3) is 0 Å². The first-order chi connectivity index (χ1) is 15.7. The van der Waals surface area contributed by atoms with E-state index in [4.69, 9.17) is 5.11 Å². The smallest absolute Gasteiger partial charge is 0.331 e. The van der Waals surface area contributed by atoms with Crippen molar-refractivity contribution in [3.8, 4) is 0 Å². The molecule has 0 aliphatic rings. The number of hydrogen-bond acceptors (Lipinski definition) is 8. The highest BCUT2D eigenvalue weighted by atomic mass is 16.4. The van der Waals surface area contributed by atoms with Crippen molar-refractivity contribution in [2.45, 2.75) is 25.9 Å². The van der Waals surface area contributed by atoms with E-state index in [-0.39, 0.29) is 40.9 Å². The van der Waals surface area contributed by atoms with Crippen molar-refractivity contribution in [1.29, 1.82) is 0 Å². The molecule has 0 radical (unpaired) electrons. The number of carboxylic acid groups (broad SMARTS) is 1. The van der Waals surface area contributed by atoms with Gasteiger partial charge >= 0.3 is 5.97 Å². The number of carbonyl (C=O) groups excluding carboxylic acids is 4. The van der Waals surface area contributed by atoms with Crippen LogP contribution in [-0.2, 0) is 26.5 Å². The first-order valence-electron chi connectivity index (χ1n) is 9.70. The normalized spacial score (nSPS) is 12.6. The molecule has 9 nitrogen and oxygen atoms in total. The number of carbonyl (C=O) groups is 3. The molecule has 0 bridgehead atoms. The summed E-state index contributed by atoms with van der Waals surface area (Å²) in [6.07, 6.45) is 3.32. The van der Waals surface area contributed by atoms with Gasteiger partial charge in [0.05, 0.1) is 0 Å². The molecule has 0 amide bonds. The van der Waals surface area contributed by atoms with Crippen LogP contribution in [0.3, 0.4) is 0 Å². The third kappa shape index (κ3) is 5.31. The SMILES string of the molecule is CC(=CC(=O)c1cccc(CCO)c1C(=O)C(N=C=O)(N=C=O)c1ccc(C)cc1)C(=O)O. The Balaban J connectivity index is 2.89. The molecule has 2 aromatic carbocycles. The minimum Gasteiger partial charge on any atom is -0.478 e. The van der Waals surface area contributed by atoms with Crippen LogP contribution >= 0.6 is 0 Å². The fraction of sp³-hybridized carbons (Fsp3) is 0.208. The maximum atomic E-state index is 13.9. The highest BCUT2D eigenvalue weighted by molar-refractivity contribution is 6.17. The minimum absolute atomic E-state index is 0.0522. The lowest BCUT2D eigenvalue weighted by atomic mass is 9.84. The maximum Gasteiger partial charge on any atom is 0.331 e. The topological polar surface area (TPSA) is 151 Å². The van der Waals surface area contributed by atoms with E-state index >= 15 is 0 Å². The molecule has 2 N–H and O–H groups in total. The largest absolute Gasteiger partial charge is 0.478 e. The number of aliphatic hydroxyl groups is 1. The summed E-state index contributed by atoms with van der Waals surface area (Å²) in [6.45, 7) is 2.61. The number of isocyanates is 2. The van der Waals surface area contributed by atoms with Crippen LogP contribution in [0.5, 0.6) is 0 Å². The molecule has 0 spiro atoms. The molecule has 0 aliphatic carbocycles. The first-order valence-corrected chi connectivity index (χ1v) is 9.70. The Labute approximate surface area is 188 Å². The van der Waals surface area contributed by atoms with Crippen molar-refractivity contribution < 1.29 is 34.2 Å². The summed E-state index contributed by atoms with van der Waals surface area (Å²) in [5.74, 6) is -3.14. The van der Waals surface area contributed by atoms with Crippen LogP contribution in [-0.4, -0.2) is 46.5 Å². The van der Waals surface area contributed by atoms with Gasteiger partial charge in [-0.1, -0.05) is 48.0 Å². The standard InChI is InChI=1S/C24H20N2O7/c1-15-6-8-18(9-7-15)24(25-13-28,26-14-29)22(31)21-17(10-11-27)4-3-5-19(21)20(30)12-16(2)23(32)33/h3-9,12,27H,10-11H2,1-2H3,(H,32,33). The molecule has 0 aliphatic heterocycles. The summed E-state index contributed by atoms with van der Waals surface area (Å²) in [7, 11) is 0. The van der Waals surface area contributed by atoms with E-state index in [2.05, 4.69) is 9.98 Å². The Morgan fingerprint density at radius 3 is 2.15 bits per heavy atom. The van der Waals surface area contributed by atoms with Gasteiger partial charge < -0.3 is 10.2 Å². The molecule has 2 aromatic rings. The average Bonchev–Trinajstić information content (AvgIpc) is 2.78. The van der Waals surface area contributed by atoms with E-state index in [1.165, 1.54) is 49.4 Å². The Hall–Kier alpha value is -4.29. The van der Waals surface area contributed by atoms with Crippen LogP contribution in [0.2, 0.25) is 0 Å². The van der Waals surface area contributed by atoms with Gasteiger partial charge in [-0.05, 0) is 31.9 Å². The van der Waals surface area contributed by atoms with Crippen LogP contribution in [0.4, 0.5) is 0 Å². The molecule has 9 heteroatoms. The summed E-state index contributed by atoms with van der Waals surface area (Å²) in [6, 6.07) is 10.3. The van der Waals surface area contributed by atoms with E-state index in [0.29, 0.717) is 0 Å². The summed E-state index contributed by atoms with van der Waals surface area (Å²) in [5.41, 5.74) is -2.06. The van der Waals surface area contributed by atoms with Crippen LogP contribution < -0.4 is 0 Å². The Morgan fingerprint density at radius 2 is 1.64 bits per heavy atom. The van der Waals surface area contributed by atoms with Gasteiger partial charge in [0.15, 0.2) is 5.78 Å². The third-order valence-electron chi connectivity index (χ3n) is 4.89. The van der Waals surface area contributed by atoms with Gasteiger partial charge in [-0.2, -0.15) is 9.98 Å². The van der Waals surface area contributed by atoms with Gasteiger partial charge in [0, 0.05) is 28.9 Å². The highest BCUT2D eigenvalue weighted by Gasteiger charge is 2.43. The molecule has 0 saturated carbocycles. The van der Waals surface area contributed by atoms with Crippen molar-refractivity contribution >= 4 is 29.7 Å². The number of hydrogen-bond donors (Lipinski definition) is 2. The van der Waals surface area contributed by atoms with Crippen molar-refractivity contribution in [3.63, 3.8) is 0 Å². The van der Waals surface area contributed by atoms with Crippen molar-refractivity contribution in [1.82, 2.24) is 0 Å². The van der Waals surface area contributed by atoms with E-state index < -0.39 is 23.2 Å². The number of Topliss-reactive ketones (excluding diaryl/α,β-unsaturated/α-hetero) is 1. The summed E-state index contributed by atoms with van der Waals surface area (Å²) in [5, 5.41) is 18.6. The fourth-order valence-electron chi connectivity index (χ4n) is 3.22. The van der Waals surface area contributed by atoms with Crippen molar-refractivity contribution in [2.24, 2.45) is 9.98 Å². The number of carboxylic acids is 1. The van der Waals surface area contributed by atoms with Gasteiger partial charge in [-0.15, -0.1) is 0 Å². The Bertz CT molecular complexity index is 1200. The first kappa shape index (κ1) is 25.0. The van der Waals surface area contributed by atoms with E-state index in [0.717, 1.165) is 11.6 Å². The van der Waals surface area contributed by atoms with Crippen LogP contribution in [0.1, 0.15) is 44.3 Å². The lowest BCUT2D eigenvalue weighted by Crippen LogP contribution is -2.34. The number of rotatable bonds is 10. The predicted molar refractivity (Wildman–Crippen MR) is 116 cm³/mol. The Kier molecular flexibility index (Phi) is 8.20. The van der Waals surface area contributed by atoms with E-state index in [9.17, 15) is 29.1 Å². The summed E-state index contributed by atoms with van der Waals surface area (Å²) < 4.78 is 0. The number of aryl methyl sites for hydroxylation is 1. The number of aliphatic imine (C=N–C) groups is 2. The molecule has 0 aromatic heterocycles. The zero-order chi connectivity index (χ0) is 24.6. The molecule has 0 saturated heterocycles. The van der Waals surface area contributed by atoms with E-state index in [1.54, 1.807) is 19.1 Å². The Morgan fingerprint density at radius 1 is 1.03 bits per heavy atom. The van der Waals surface area contributed by atoms with Gasteiger partial charge in [0.25, 0.3) is 5.66 Å². The molecular formula is C24H20N2O7. The van der Waals surface area contributed by atoms with Crippen molar-refractivity contribution in [2.75, 3.05) is 6.61 Å². The number of benzene rings is 2. The molecule has 0 fully saturated rings. The minimum atomic E-state index is -2.41. The number of ketones is 2. The molecular weight excluding hydrogens is 428 g/mol. The number of aliphatic carboxylic acids is 1. The van der Waals surface area contributed by atoms with Crippen LogP contribution in [0, 0.1) is 6.92 Å². The van der Waals surface area contributed by atoms with Gasteiger partial charge in [0.1, 0.15) is 0 Å². The zero-order valence-corrected chi connectivity index (χ0v) is 17.9. The fourth-order valence-corrected chi connectivity index (χ4v) is 3.22. The quantitative estimate of drug-likeness (QED) is 0.245. The second-order valence-corrected chi connectivity index (χ2v) is 7.08. The molecule has 0 atom stereocenters. The molecule has 33 heavy (non-hydrogen) atoms. The third-order valence-corrected chi connectivity index (χ3v) is 4.89. The van der Waals surface area contributed by atoms with Gasteiger partial charge in [0.2, 0.25) is 17.9 Å². The lowest BCUT2D eigenvalue weighted by molar-refractivity contribution is -0.132. The highest BCUT2D eigenvalue weighted by Crippen LogP contribution is 2.34. The monoisotopic (exact) mass is 448 g/mol. The number of nitrogens with zero attached hydrogens (tertiary/aromatic N) is 2. The molecule has 2 rings (SSSR count). The zero-order valence-electron chi connectivity index (χ0n) is 17.9. The second-order valence-electron chi connectivity index (χ2n) is 7.08. The second kappa shape index (κ2) is 10.8. The van der Waals surface area contributed by atoms with Gasteiger partial charge in [-0.25, -0.2) is 14.4 Å². The molecule has 168 valence electrons. The summed E-state index contributed by atoms with van der Waals surface area (Å²) in [4.78, 5) is 67.6. The van der Waals surface area contributed by atoms with Crippen LogP contribution in [0.15, 0.2) is 64.1 Å². The average molecular weight is 448 g/mol. The number of aliphatic hydroxyl groups excluding tert-OH is 1. The maximum absolute atomic E-state index is 13.9. The number of allylic oxidation sites excluding steroid dienone is 1. The summed E-state index contributed by atoms with van der Waals surface area (Å²) >= 11 is 0. The molecule has 0 heterocycles.